The first kappa shape index (κ1) is 20.2. The maximum Gasteiger partial charge on any atom is 0.253 e. The number of nitrogens with zero attached hydrogens (tertiary/aromatic N) is 4. The summed E-state index contributed by atoms with van der Waals surface area (Å²) >= 11 is 0. The number of benzene rings is 2. The number of piperazine rings is 1. The highest BCUT2D eigenvalue weighted by Crippen LogP contribution is 2.20. The molecule has 0 spiro atoms. The average molecular weight is 428 g/mol. The minimum atomic E-state index is -3.79. The molecule has 0 aliphatic carbocycles. The van der Waals surface area contributed by atoms with Gasteiger partial charge in [0.2, 0.25) is 10.0 Å². The van der Waals surface area contributed by atoms with Crippen molar-refractivity contribution >= 4 is 15.9 Å². The third kappa shape index (κ3) is 3.86. The van der Waals surface area contributed by atoms with Gasteiger partial charge in [0, 0.05) is 43.6 Å². The molecule has 0 unspecified atom stereocenters. The molecular formula is C21H21FN4O3S. The molecule has 3 aromatic rings. The highest BCUT2D eigenvalue weighted by Gasteiger charge is 2.30. The van der Waals surface area contributed by atoms with Gasteiger partial charge < -0.3 is 4.90 Å². The van der Waals surface area contributed by atoms with Crippen molar-refractivity contribution in [3.8, 4) is 5.69 Å². The average Bonchev–Trinajstić information content (AvgIpc) is 3.19. The molecule has 2 aromatic carbocycles. The van der Waals surface area contributed by atoms with Gasteiger partial charge in [0.25, 0.3) is 5.91 Å². The van der Waals surface area contributed by atoms with E-state index in [4.69, 9.17) is 0 Å². The Balaban J connectivity index is 1.43. The van der Waals surface area contributed by atoms with Crippen LogP contribution in [0.15, 0.2) is 65.7 Å². The van der Waals surface area contributed by atoms with Crippen LogP contribution in [0.2, 0.25) is 0 Å². The molecule has 1 fully saturated rings. The summed E-state index contributed by atoms with van der Waals surface area (Å²) in [4.78, 5) is 14.4. The summed E-state index contributed by atoms with van der Waals surface area (Å²) in [5, 5.41) is 4.25. The number of amides is 1. The monoisotopic (exact) mass is 428 g/mol. The lowest BCUT2D eigenvalue weighted by Gasteiger charge is -2.34. The number of rotatable bonds is 4. The van der Waals surface area contributed by atoms with Gasteiger partial charge in [0.15, 0.2) is 0 Å². The molecular weight excluding hydrogens is 407 g/mol. The number of carbonyl (C=O) groups is 1. The van der Waals surface area contributed by atoms with Gasteiger partial charge >= 0.3 is 0 Å². The zero-order chi connectivity index (χ0) is 21.3. The van der Waals surface area contributed by atoms with Crippen molar-refractivity contribution in [2.24, 2.45) is 0 Å². The Morgan fingerprint density at radius 3 is 2.30 bits per heavy atom. The van der Waals surface area contributed by atoms with E-state index < -0.39 is 15.8 Å². The fourth-order valence-electron chi connectivity index (χ4n) is 3.48. The maximum atomic E-state index is 13.4. The predicted octanol–water partition coefficient (Wildman–Crippen LogP) is 2.47. The number of carbonyl (C=O) groups excluding carboxylic acids is 1. The van der Waals surface area contributed by atoms with Crippen LogP contribution >= 0.6 is 0 Å². The molecule has 0 atom stereocenters. The van der Waals surface area contributed by atoms with Crippen LogP contribution in [0.4, 0.5) is 4.39 Å². The molecule has 0 bridgehead atoms. The largest absolute Gasteiger partial charge is 0.336 e. The van der Waals surface area contributed by atoms with Crippen LogP contribution in [0.1, 0.15) is 16.1 Å². The number of aromatic nitrogens is 2. The molecule has 1 aromatic heterocycles. The molecule has 1 aliphatic heterocycles. The van der Waals surface area contributed by atoms with Crippen LogP contribution in [0.5, 0.6) is 0 Å². The van der Waals surface area contributed by atoms with E-state index in [0.29, 0.717) is 5.56 Å². The van der Waals surface area contributed by atoms with Gasteiger partial charge in [-0.1, -0.05) is 6.07 Å². The molecule has 30 heavy (non-hydrogen) atoms. The van der Waals surface area contributed by atoms with E-state index in [1.54, 1.807) is 27.9 Å². The first-order valence-corrected chi connectivity index (χ1v) is 11.0. The second kappa shape index (κ2) is 8.00. The van der Waals surface area contributed by atoms with Gasteiger partial charge in [-0.25, -0.2) is 17.5 Å². The summed E-state index contributed by atoms with van der Waals surface area (Å²) in [5.74, 6) is -0.750. The minimum absolute atomic E-state index is 0.0771. The third-order valence-corrected chi connectivity index (χ3v) is 7.05. The first-order chi connectivity index (χ1) is 14.4. The Labute approximate surface area is 174 Å². The molecule has 1 aliphatic rings. The summed E-state index contributed by atoms with van der Waals surface area (Å²) < 4.78 is 41.9. The highest BCUT2D eigenvalue weighted by molar-refractivity contribution is 7.89. The molecule has 1 amide bonds. The van der Waals surface area contributed by atoms with E-state index in [0.717, 1.165) is 17.4 Å². The molecule has 2 heterocycles. The van der Waals surface area contributed by atoms with Crippen molar-refractivity contribution < 1.29 is 17.6 Å². The van der Waals surface area contributed by atoms with Crippen molar-refractivity contribution in [3.63, 3.8) is 0 Å². The van der Waals surface area contributed by atoms with Gasteiger partial charge in [0.1, 0.15) is 5.82 Å². The van der Waals surface area contributed by atoms with Gasteiger partial charge in [-0.15, -0.1) is 0 Å². The van der Waals surface area contributed by atoms with Crippen LogP contribution in [-0.2, 0) is 10.0 Å². The standard InChI is InChI=1S/C21H21FN4O3S/c1-16-9-10-23-26(16)19-7-5-17(6-8-19)21(27)24-11-13-25(14-12-24)30(28,29)20-4-2-3-18(22)15-20/h2-10,15H,11-14H2,1H3. The molecule has 1 saturated heterocycles. The van der Waals surface area contributed by atoms with E-state index in [1.807, 2.05) is 25.1 Å². The van der Waals surface area contributed by atoms with E-state index >= 15 is 0 Å². The Hall–Kier alpha value is -3.04. The summed E-state index contributed by atoms with van der Waals surface area (Å²) in [6, 6.07) is 14.0. The molecule has 7 nitrogen and oxygen atoms in total. The Kier molecular flexibility index (Phi) is 5.40. The van der Waals surface area contributed by atoms with E-state index in [1.165, 1.54) is 22.5 Å². The summed E-state index contributed by atoms with van der Waals surface area (Å²) in [5.41, 5.74) is 2.38. The summed E-state index contributed by atoms with van der Waals surface area (Å²) in [7, 11) is -3.79. The summed E-state index contributed by atoms with van der Waals surface area (Å²) in [6.07, 6.45) is 1.71. The lowest BCUT2D eigenvalue weighted by atomic mass is 10.1. The van der Waals surface area contributed by atoms with Crippen LogP contribution in [-0.4, -0.2) is 59.5 Å². The number of sulfonamides is 1. The minimum Gasteiger partial charge on any atom is -0.336 e. The topological polar surface area (TPSA) is 75.5 Å². The fourth-order valence-corrected chi connectivity index (χ4v) is 4.93. The predicted molar refractivity (Wildman–Crippen MR) is 109 cm³/mol. The van der Waals surface area contributed by atoms with Crippen LogP contribution in [0.25, 0.3) is 5.69 Å². The van der Waals surface area contributed by atoms with E-state index in [-0.39, 0.29) is 37.0 Å². The first-order valence-electron chi connectivity index (χ1n) is 9.52. The lowest BCUT2D eigenvalue weighted by molar-refractivity contribution is 0.0698. The molecule has 0 radical (unpaired) electrons. The smallest absolute Gasteiger partial charge is 0.253 e. The van der Waals surface area contributed by atoms with Crippen LogP contribution in [0, 0.1) is 12.7 Å². The van der Waals surface area contributed by atoms with Crippen molar-refractivity contribution in [1.82, 2.24) is 19.0 Å². The number of halogens is 1. The quantitative estimate of drug-likeness (QED) is 0.640. The number of hydrogen-bond acceptors (Lipinski definition) is 4. The SMILES string of the molecule is Cc1ccnn1-c1ccc(C(=O)N2CCN(S(=O)(=O)c3cccc(F)c3)CC2)cc1. The van der Waals surface area contributed by atoms with Crippen LogP contribution < -0.4 is 0 Å². The van der Waals surface area contributed by atoms with Gasteiger partial charge in [-0.2, -0.15) is 9.40 Å². The normalized spacial score (nSPS) is 15.3. The zero-order valence-corrected chi connectivity index (χ0v) is 17.2. The third-order valence-electron chi connectivity index (χ3n) is 5.15. The molecule has 0 N–H and O–H groups in total. The van der Waals surface area contributed by atoms with Gasteiger partial charge in [0.05, 0.1) is 10.6 Å². The molecule has 0 saturated carbocycles. The molecule has 4 rings (SSSR count). The fraction of sp³-hybridized carbons (Fsp3) is 0.238. The van der Waals surface area contributed by atoms with Crippen molar-refractivity contribution in [2.45, 2.75) is 11.8 Å². The van der Waals surface area contributed by atoms with Crippen molar-refractivity contribution in [3.05, 3.63) is 77.9 Å². The zero-order valence-electron chi connectivity index (χ0n) is 16.4. The van der Waals surface area contributed by atoms with Crippen molar-refractivity contribution in [1.29, 1.82) is 0 Å². The van der Waals surface area contributed by atoms with E-state index in [2.05, 4.69) is 5.10 Å². The lowest BCUT2D eigenvalue weighted by Crippen LogP contribution is -2.50. The maximum absolute atomic E-state index is 13.4. The van der Waals surface area contributed by atoms with Gasteiger partial charge in [-0.05, 0) is 55.5 Å². The number of hydrogen-bond donors (Lipinski definition) is 0. The Morgan fingerprint density at radius 2 is 1.70 bits per heavy atom. The Morgan fingerprint density at radius 1 is 1.00 bits per heavy atom. The Bertz CT molecular complexity index is 1170. The second-order valence-corrected chi connectivity index (χ2v) is 9.02. The summed E-state index contributed by atoms with van der Waals surface area (Å²) in [6.45, 7) is 2.81. The second-order valence-electron chi connectivity index (χ2n) is 7.08. The molecule has 9 heteroatoms. The highest BCUT2D eigenvalue weighted by atomic mass is 32.2. The van der Waals surface area contributed by atoms with Crippen LogP contribution in [0.3, 0.4) is 0 Å². The van der Waals surface area contributed by atoms with Gasteiger partial charge in [-0.3, -0.25) is 4.79 Å². The molecule has 156 valence electrons. The van der Waals surface area contributed by atoms with E-state index in [9.17, 15) is 17.6 Å². The number of aryl methyl sites for hydroxylation is 1. The van der Waals surface area contributed by atoms with Crippen molar-refractivity contribution in [2.75, 3.05) is 26.2 Å².